The maximum absolute atomic E-state index is 13.2. The number of thioether (sulfide) groups is 1. The van der Waals surface area contributed by atoms with Crippen molar-refractivity contribution in [3.8, 4) is 0 Å². The van der Waals surface area contributed by atoms with Gasteiger partial charge in [0, 0.05) is 10.6 Å². The maximum atomic E-state index is 13.2. The zero-order chi connectivity index (χ0) is 12.3. The van der Waals surface area contributed by atoms with Gasteiger partial charge in [-0.15, -0.1) is 11.8 Å². The van der Waals surface area contributed by atoms with Gasteiger partial charge in [0.15, 0.2) is 0 Å². The van der Waals surface area contributed by atoms with Gasteiger partial charge < -0.3 is 5.73 Å². The molecule has 88 valence electrons. The Kier molecular flexibility index (Phi) is 3.86. The lowest BCUT2D eigenvalue weighted by Gasteiger charge is -2.03. The quantitative estimate of drug-likeness (QED) is 0.523. The van der Waals surface area contributed by atoms with E-state index in [0.717, 1.165) is 10.6 Å². The lowest BCUT2D eigenvalue weighted by Crippen LogP contribution is -1.90. The second-order valence-corrected chi connectivity index (χ2v) is 4.86. The molecule has 0 saturated heterocycles. The summed E-state index contributed by atoms with van der Waals surface area (Å²) in [4.78, 5) is 4.97. The number of halogens is 2. The van der Waals surface area contributed by atoms with Crippen molar-refractivity contribution in [2.45, 2.75) is 10.6 Å². The Morgan fingerprint density at radius 3 is 2.82 bits per heavy atom. The minimum atomic E-state index is -0.394. The van der Waals surface area contributed by atoms with Crippen LogP contribution in [0, 0.1) is 5.82 Å². The van der Waals surface area contributed by atoms with Gasteiger partial charge in [0.05, 0.1) is 11.4 Å². The van der Waals surface area contributed by atoms with Gasteiger partial charge in [0.2, 0.25) is 0 Å². The Morgan fingerprint density at radius 1 is 1.29 bits per heavy atom. The van der Waals surface area contributed by atoms with E-state index in [1.165, 1.54) is 17.8 Å². The fraction of sp³-hybridized carbons (Fsp3) is 0.0833. The Balaban J connectivity index is 2.05. The van der Waals surface area contributed by atoms with Gasteiger partial charge in [-0.05, 0) is 30.3 Å². The number of nitrogens with zero attached hydrogens (tertiary/aromatic N) is 1. The predicted octanol–water partition coefficient (Wildman–Crippen LogP) is 3.75. The van der Waals surface area contributed by atoms with Crippen molar-refractivity contribution >= 4 is 29.1 Å². The van der Waals surface area contributed by atoms with Crippen LogP contribution in [0.1, 0.15) is 5.69 Å². The minimum Gasteiger partial charge on any atom is -0.396 e. The smallest absolute Gasteiger partial charge is 0.147 e. The molecule has 0 bridgehead atoms. The van der Waals surface area contributed by atoms with Crippen molar-refractivity contribution in [1.29, 1.82) is 0 Å². The second-order valence-electron chi connectivity index (χ2n) is 3.42. The number of pyridine rings is 1. The topological polar surface area (TPSA) is 38.9 Å². The summed E-state index contributed by atoms with van der Waals surface area (Å²) >= 11 is 7.26. The summed E-state index contributed by atoms with van der Waals surface area (Å²) in [6, 6.07) is 10.2. The molecule has 0 amide bonds. The number of rotatable bonds is 3. The molecule has 0 fully saturated rings. The number of hydrogen-bond acceptors (Lipinski definition) is 3. The van der Waals surface area contributed by atoms with Crippen LogP contribution >= 0.6 is 23.4 Å². The number of anilines is 1. The molecule has 1 aromatic heterocycles. The SMILES string of the molecule is Nc1ccc(SCc2cccc(Cl)n2)cc1F. The first kappa shape index (κ1) is 12.2. The minimum absolute atomic E-state index is 0.162. The van der Waals surface area contributed by atoms with Gasteiger partial charge in [-0.25, -0.2) is 9.37 Å². The highest BCUT2D eigenvalue weighted by atomic mass is 35.5. The van der Waals surface area contributed by atoms with Crippen molar-refractivity contribution in [2.24, 2.45) is 0 Å². The van der Waals surface area contributed by atoms with Crippen molar-refractivity contribution < 1.29 is 4.39 Å². The highest BCUT2D eigenvalue weighted by Gasteiger charge is 2.02. The third kappa shape index (κ3) is 3.35. The highest BCUT2D eigenvalue weighted by Crippen LogP contribution is 2.25. The van der Waals surface area contributed by atoms with Crippen LogP contribution in [0.4, 0.5) is 10.1 Å². The first-order chi connectivity index (χ1) is 8.15. The van der Waals surface area contributed by atoms with E-state index < -0.39 is 5.82 Å². The van der Waals surface area contributed by atoms with Crippen LogP contribution in [-0.2, 0) is 5.75 Å². The molecule has 1 heterocycles. The third-order valence-corrected chi connectivity index (χ3v) is 3.37. The molecule has 0 aliphatic rings. The normalized spacial score (nSPS) is 10.5. The molecule has 0 atom stereocenters. The van der Waals surface area contributed by atoms with E-state index in [1.807, 2.05) is 12.1 Å². The molecule has 2 rings (SSSR count). The van der Waals surface area contributed by atoms with Crippen LogP contribution in [0.25, 0.3) is 0 Å². The van der Waals surface area contributed by atoms with E-state index in [-0.39, 0.29) is 5.69 Å². The lowest BCUT2D eigenvalue weighted by atomic mass is 10.3. The molecule has 0 saturated carbocycles. The number of hydrogen-bond donors (Lipinski definition) is 1. The molecule has 1 aromatic carbocycles. The molecule has 0 aliphatic carbocycles. The van der Waals surface area contributed by atoms with Crippen LogP contribution in [-0.4, -0.2) is 4.98 Å². The van der Waals surface area contributed by atoms with Crippen LogP contribution < -0.4 is 5.73 Å². The fourth-order valence-corrected chi connectivity index (χ4v) is 2.29. The van der Waals surface area contributed by atoms with Gasteiger partial charge in [-0.2, -0.15) is 0 Å². The third-order valence-electron chi connectivity index (χ3n) is 2.13. The molecular weight excluding hydrogens is 259 g/mol. The highest BCUT2D eigenvalue weighted by molar-refractivity contribution is 7.98. The van der Waals surface area contributed by atoms with Crippen molar-refractivity contribution in [1.82, 2.24) is 4.98 Å². The number of aromatic nitrogens is 1. The Bertz CT molecular complexity index is 534. The molecule has 17 heavy (non-hydrogen) atoms. The average Bonchev–Trinajstić information content (AvgIpc) is 2.31. The molecule has 5 heteroatoms. The number of nitrogens with two attached hydrogens (primary N) is 1. The van der Waals surface area contributed by atoms with E-state index in [1.54, 1.807) is 18.2 Å². The molecule has 0 spiro atoms. The molecule has 0 radical (unpaired) electrons. The maximum Gasteiger partial charge on any atom is 0.147 e. The summed E-state index contributed by atoms with van der Waals surface area (Å²) < 4.78 is 13.2. The summed E-state index contributed by atoms with van der Waals surface area (Å²) in [6.07, 6.45) is 0. The lowest BCUT2D eigenvalue weighted by molar-refractivity contribution is 0.629. The number of benzene rings is 1. The van der Waals surface area contributed by atoms with Crippen LogP contribution in [0.2, 0.25) is 5.15 Å². The molecule has 0 aliphatic heterocycles. The summed E-state index contributed by atoms with van der Waals surface area (Å²) in [6.45, 7) is 0. The zero-order valence-electron chi connectivity index (χ0n) is 8.86. The predicted molar refractivity (Wildman–Crippen MR) is 69.6 cm³/mol. The van der Waals surface area contributed by atoms with Crippen LogP contribution in [0.5, 0.6) is 0 Å². The van der Waals surface area contributed by atoms with E-state index in [4.69, 9.17) is 17.3 Å². The largest absolute Gasteiger partial charge is 0.396 e. The standard InChI is InChI=1S/C12H10ClFN2S/c13-12-3-1-2-8(16-12)7-17-9-4-5-11(15)10(14)6-9/h1-6H,7,15H2. The van der Waals surface area contributed by atoms with E-state index in [2.05, 4.69) is 4.98 Å². The Morgan fingerprint density at radius 2 is 2.12 bits per heavy atom. The summed E-state index contributed by atoms with van der Waals surface area (Å²) in [5, 5.41) is 0.464. The Labute approximate surface area is 108 Å². The van der Waals surface area contributed by atoms with E-state index in [0.29, 0.717) is 10.9 Å². The molecule has 2 nitrogen and oxygen atoms in total. The van der Waals surface area contributed by atoms with Crippen LogP contribution in [0.3, 0.4) is 0 Å². The van der Waals surface area contributed by atoms with Crippen molar-refractivity contribution in [3.63, 3.8) is 0 Å². The Hall–Kier alpha value is -1.26. The zero-order valence-corrected chi connectivity index (χ0v) is 10.4. The molecule has 2 aromatic rings. The molecular formula is C12H10ClFN2S. The summed E-state index contributed by atoms with van der Waals surface area (Å²) in [5.41, 5.74) is 6.42. The summed E-state index contributed by atoms with van der Waals surface area (Å²) in [7, 11) is 0. The van der Waals surface area contributed by atoms with Gasteiger partial charge >= 0.3 is 0 Å². The molecule has 0 unspecified atom stereocenters. The van der Waals surface area contributed by atoms with E-state index in [9.17, 15) is 4.39 Å². The second kappa shape index (κ2) is 5.38. The van der Waals surface area contributed by atoms with Gasteiger partial charge in [0.25, 0.3) is 0 Å². The first-order valence-corrected chi connectivity index (χ1v) is 6.31. The monoisotopic (exact) mass is 268 g/mol. The fourth-order valence-electron chi connectivity index (χ4n) is 1.29. The molecule has 2 N–H and O–H groups in total. The van der Waals surface area contributed by atoms with E-state index >= 15 is 0 Å². The van der Waals surface area contributed by atoms with Crippen LogP contribution in [0.15, 0.2) is 41.3 Å². The van der Waals surface area contributed by atoms with Crippen molar-refractivity contribution in [2.75, 3.05) is 5.73 Å². The van der Waals surface area contributed by atoms with Gasteiger partial charge in [0.1, 0.15) is 11.0 Å². The van der Waals surface area contributed by atoms with Gasteiger partial charge in [-0.3, -0.25) is 0 Å². The first-order valence-electron chi connectivity index (χ1n) is 4.94. The summed E-state index contributed by atoms with van der Waals surface area (Å²) in [5.74, 6) is 0.248. The average molecular weight is 269 g/mol. The van der Waals surface area contributed by atoms with Gasteiger partial charge in [-0.1, -0.05) is 17.7 Å². The van der Waals surface area contributed by atoms with Crippen molar-refractivity contribution in [3.05, 3.63) is 53.1 Å². The number of nitrogen functional groups attached to an aromatic ring is 1.